The smallest absolute Gasteiger partial charge is 0.333 e. The molecular formula is C92H153N4O38S3+. The maximum atomic E-state index is 12.9. The van der Waals surface area contributed by atoms with Gasteiger partial charge >= 0.3 is 5.97 Å². The molecule has 1 aromatic heterocycles. The summed E-state index contributed by atoms with van der Waals surface area (Å²) < 4.78 is 180. The quantitative estimate of drug-likeness (QED) is 0.00586. The van der Waals surface area contributed by atoms with E-state index in [9.17, 15) is 32.8 Å². The number of anilines is 1. The lowest BCUT2D eigenvalue weighted by Gasteiger charge is -2.30. The molecular weight excluding hydrogens is 1870 g/mol. The molecule has 6 N–H and O–H groups in total. The van der Waals surface area contributed by atoms with E-state index in [-0.39, 0.29) is 17.2 Å². The van der Waals surface area contributed by atoms with E-state index >= 15 is 0 Å². The van der Waals surface area contributed by atoms with E-state index in [1.54, 1.807) is 13.2 Å². The molecule has 0 aliphatic carbocycles. The Balaban J connectivity index is 0.756. The molecule has 0 saturated carbocycles. The number of hydrogen-bond donors (Lipinski definition) is 6. The van der Waals surface area contributed by atoms with Crippen molar-refractivity contribution in [2.45, 2.75) is 106 Å². The predicted molar refractivity (Wildman–Crippen MR) is 504 cm³/mol. The van der Waals surface area contributed by atoms with Crippen LogP contribution < -0.4 is 15.1 Å². The van der Waals surface area contributed by atoms with Crippen LogP contribution in [0.5, 0.6) is 11.8 Å². The second-order valence-corrected chi connectivity index (χ2v) is 33.9. The largest absolute Gasteiger partial charge is 0.492 e. The molecule has 3 aromatic rings. The van der Waals surface area contributed by atoms with Crippen molar-refractivity contribution in [1.82, 2.24) is 10.0 Å². The van der Waals surface area contributed by atoms with Gasteiger partial charge in [-0.05, 0) is 94.8 Å². The number of unbranched alkanes of at least 4 members (excludes halogenated alkanes) is 4. The van der Waals surface area contributed by atoms with E-state index < -0.39 is 38.7 Å². The molecule has 2 aliphatic rings. The zero-order valence-corrected chi connectivity index (χ0v) is 82.9. The lowest BCUT2D eigenvalue weighted by atomic mass is 9.77. The first kappa shape index (κ1) is 122. The van der Waals surface area contributed by atoms with Crippen molar-refractivity contribution in [3.63, 3.8) is 0 Å². The molecule has 0 spiro atoms. The average molecular weight is 2020 g/mol. The molecule has 3 heterocycles. The molecule has 0 radical (unpaired) electrons. The molecule has 0 bridgehead atoms. The molecule has 2 aliphatic heterocycles. The third-order valence-electron chi connectivity index (χ3n) is 20.5. The van der Waals surface area contributed by atoms with Crippen molar-refractivity contribution >= 4 is 63.2 Å². The average Bonchev–Trinajstić information content (AvgIpc) is 1.59. The van der Waals surface area contributed by atoms with Crippen molar-refractivity contribution in [3.8, 4) is 11.8 Å². The first-order valence-corrected chi connectivity index (χ1v) is 50.0. The number of carbonyl (C=O) groups excluding carboxylic acids is 2. The van der Waals surface area contributed by atoms with Crippen LogP contribution in [-0.4, -0.2) is 404 Å². The minimum Gasteiger partial charge on any atom is -0.492 e. The van der Waals surface area contributed by atoms with Crippen LogP contribution in [0.3, 0.4) is 0 Å². The van der Waals surface area contributed by atoms with Gasteiger partial charge in [-0.15, -0.1) is 13.4 Å². The van der Waals surface area contributed by atoms with Crippen LogP contribution in [0.15, 0.2) is 94.4 Å². The Morgan fingerprint density at radius 1 is 0.431 bits per heavy atom. The fraction of sp³-hybridized carbons (Fsp3) is 0.728. The monoisotopic (exact) mass is 2020 g/mol. The maximum Gasteiger partial charge on any atom is 0.333 e. The topological polar surface area (TPSA) is 460 Å². The summed E-state index contributed by atoms with van der Waals surface area (Å²) in [4.78, 5) is 33.2. The Kier molecular flexibility index (Phi) is 72.7. The van der Waals surface area contributed by atoms with Crippen molar-refractivity contribution in [3.05, 3.63) is 95.7 Å². The molecule has 42 nitrogen and oxygen atoms in total. The summed E-state index contributed by atoms with van der Waals surface area (Å²) in [6.45, 7) is 29.6. The van der Waals surface area contributed by atoms with Gasteiger partial charge in [-0.25, -0.2) is 15.3 Å². The maximum absolute atomic E-state index is 12.9. The lowest BCUT2D eigenvalue weighted by molar-refractivity contribution is -0.438. The van der Waals surface area contributed by atoms with E-state index in [1.165, 1.54) is 24.3 Å². The fourth-order valence-electron chi connectivity index (χ4n) is 13.6. The molecule has 1 unspecified atom stereocenters. The van der Waals surface area contributed by atoms with Gasteiger partial charge in [-0.1, -0.05) is 41.1 Å². The number of allylic oxidation sites excluding steroid dienone is 6. The van der Waals surface area contributed by atoms with Gasteiger partial charge in [0.2, 0.25) is 23.4 Å². The molecule has 786 valence electrons. The van der Waals surface area contributed by atoms with Gasteiger partial charge in [-0.3, -0.25) is 9.35 Å². The Hall–Kier alpha value is -5.64. The Morgan fingerprint density at radius 2 is 0.818 bits per heavy atom. The summed E-state index contributed by atoms with van der Waals surface area (Å²) in [6, 6.07) is 12.8. The first-order chi connectivity index (χ1) is 67.1. The molecule has 0 fully saturated rings. The summed E-state index contributed by atoms with van der Waals surface area (Å²) in [7, 11) is -2.95. The zero-order chi connectivity index (χ0) is 98.1. The number of methoxy groups -OCH3 is 1. The van der Waals surface area contributed by atoms with Gasteiger partial charge in [0.05, 0.1) is 333 Å². The summed E-state index contributed by atoms with van der Waals surface area (Å²) in [5.74, 6) is -1.14. The van der Waals surface area contributed by atoms with Gasteiger partial charge in [0.1, 0.15) is 6.54 Å². The second kappa shape index (κ2) is 81.7. The lowest BCUT2D eigenvalue weighted by Crippen LogP contribution is -2.29. The van der Waals surface area contributed by atoms with E-state index in [4.69, 9.17) is 133 Å². The van der Waals surface area contributed by atoms with E-state index in [0.29, 0.717) is 396 Å². The van der Waals surface area contributed by atoms with Crippen LogP contribution in [0.2, 0.25) is 0 Å². The first-order valence-electron chi connectivity index (χ1n) is 46.9. The van der Waals surface area contributed by atoms with Crippen LogP contribution in [0.4, 0.5) is 11.4 Å². The summed E-state index contributed by atoms with van der Waals surface area (Å²) in [5, 5.41) is 48.2. The van der Waals surface area contributed by atoms with E-state index in [1.807, 2.05) is 49.4 Å². The van der Waals surface area contributed by atoms with Crippen LogP contribution in [0.25, 0.3) is 0 Å². The highest BCUT2D eigenvalue weighted by Gasteiger charge is 2.46. The standard InChI is InChI=1S/C92H152N4O38S3/c1-91(2)81-77-79(136-134-132-102)19-21-83(81)94(85(91)15-8-5-9-16-86-92(3,25-12-6-11-18-90(100)130-96-88(98)23-24-89(96)99)82-78-80(137(103,104)105)20-22-84(82)95(86)28-14-76-135-133-131-101)27-13-7-10-17-87(97)93-26-29-107-32-33-109-36-37-111-40-41-113-44-45-115-48-49-117-52-53-119-56-57-121-60-61-123-64-65-125-68-69-127-72-73-129-75-74-128-71-70-126-67-66-124-63-62-122-59-58-120-55-54-118-51-50-116-47-46-114-43-42-112-39-38-110-35-34-108-31-30-106-4/h5,8-9,15-16,19-24,77-78H,6-7,10-14,17-18,25-76H2,1-4H3,(H5-,93,97,98,99,101,102,103,104,105)/p+1. The normalized spacial score (nSPS) is 14.6. The number of aromatic hydroxyl groups is 2. The van der Waals surface area contributed by atoms with E-state index in [0.717, 1.165) is 65.3 Å². The Labute approximate surface area is 815 Å². The number of amides is 1. The van der Waals surface area contributed by atoms with Crippen LogP contribution in [-0.2, 0) is 163 Å². The number of rotatable bonds is 98. The number of hydrogen-bond acceptors (Lipinski definition) is 40. The molecule has 5 rings (SSSR count). The van der Waals surface area contributed by atoms with Crippen LogP contribution >= 0.6 is 24.1 Å². The Bertz CT molecular complexity index is 3740. The van der Waals surface area contributed by atoms with Crippen molar-refractivity contribution in [1.29, 1.82) is 0 Å². The van der Waals surface area contributed by atoms with Gasteiger partial charge in [0, 0.05) is 109 Å². The molecule has 45 heteroatoms. The molecule has 0 saturated heterocycles. The van der Waals surface area contributed by atoms with Crippen LogP contribution in [0.1, 0.15) is 96.1 Å². The molecule has 1 atom stereocenters. The number of carbonyl (C=O) groups is 2. The Morgan fingerprint density at radius 3 is 1.21 bits per heavy atom. The second-order valence-electron chi connectivity index (χ2n) is 30.9. The zero-order valence-electron chi connectivity index (χ0n) is 80.4. The molecule has 2 aromatic carbocycles. The summed E-state index contributed by atoms with van der Waals surface area (Å²) in [5.41, 5.74) is 4.00. The van der Waals surface area contributed by atoms with Crippen molar-refractivity contribution in [2.24, 2.45) is 0 Å². The number of nitrogens with one attached hydrogen (secondary N) is 1. The number of aromatic nitrogens is 1. The number of ether oxygens (including phenoxy) is 24. The van der Waals surface area contributed by atoms with Gasteiger partial charge in [0.25, 0.3) is 10.1 Å². The minimum atomic E-state index is -4.59. The SMILES string of the molecule is COCCOCCOCCOCCOCCOCCOCCOCCOCCOCCOCCOCCOCCOCCOCCOCCOCCOCCOCCOCCOCCOCCOCCOCCNC(=O)CCCCC[N+]1=C(C=CC=CC=C2N(CCCSOOO)c3ccc(S(=O)(=O)O)cc3C2(C)CCCCCC(=O)On2c(O)ccc2O)C(C)(C)c2cc(SOOO)ccc21. The number of benzene rings is 2. The van der Waals surface area contributed by atoms with Crippen molar-refractivity contribution in [2.75, 3.05) is 348 Å². The van der Waals surface area contributed by atoms with Gasteiger partial charge in [-0.2, -0.15) is 13.0 Å². The number of fused-ring (bicyclic) bond motifs is 2. The highest BCUT2D eigenvalue weighted by atomic mass is 32.2. The third kappa shape index (κ3) is 57.4. The highest BCUT2D eigenvalue weighted by molar-refractivity contribution is 7.94. The van der Waals surface area contributed by atoms with Crippen LogP contribution in [0, 0.1) is 0 Å². The van der Waals surface area contributed by atoms with E-state index in [2.05, 4.69) is 49.1 Å². The van der Waals surface area contributed by atoms with Gasteiger partial charge < -0.3 is 139 Å². The molecule has 1 amide bonds. The third-order valence-corrected chi connectivity index (χ3v) is 22.5. The fourth-order valence-corrected chi connectivity index (χ4v) is 14.9. The minimum absolute atomic E-state index is 0.00601. The van der Waals surface area contributed by atoms with Crippen molar-refractivity contribution < 1.29 is 185 Å². The number of nitrogens with zero attached hydrogens (tertiary/aromatic N) is 3. The van der Waals surface area contributed by atoms with Gasteiger partial charge in [0.15, 0.2) is 5.71 Å². The predicted octanol–water partition coefficient (Wildman–Crippen LogP) is 8.49. The summed E-state index contributed by atoms with van der Waals surface area (Å²) in [6.07, 6.45) is 15.0. The molecule has 137 heavy (non-hydrogen) atoms. The summed E-state index contributed by atoms with van der Waals surface area (Å²) >= 11 is 1.79. The highest BCUT2D eigenvalue weighted by Crippen LogP contribution is 2.52.